The third kappa shape index (κ3) is 4.21. The first-order chi connectivity index (χ1) is 8.87. The zero-order valence-corrected chi connectivity index (χ0v) is 13.4. The topological polar surface area (TPSA) is 56.2 Å². The van der Waals surface area contributed by atoms with Crippen molar-refractivity contribution in [3.63, 3.8) is 0 Å². The Bertz CT molecular complexity index is 459. The highest BCUT2D eigenvalue weighted by atomic mass is 35.5. The van der Waals surface area contributed by atoms with Gasteiger partial charge in [0.1, 0.15) is 11.3 Å². The SMILES string of the molecule is Cl.Cn1nc(C2CCNCC2)cc1C(=O)OC(C)(C)C. The summed E-state index contributed by atoms with van der Waals surface area (Å²) in [5.41, 5.74) is 1.06. The van der Waals surface area contributed by atoms with Crippen molar-refractivity contribution >= 4 is 18.4 Å². The number of carbonyl (C=O) groups excluding carboxylic acids is 1. The number of aromatic nitrogens is 2. The molecule has 5 nitrogen and oxygen atoms in total. The Balaban J connectivity index is 0.00000200. The Kier molecular flexibility index (Phi) is 5.59. The summed E-state index contributed by atoms with van der Waals surface area (Å²) >= 11 is 0. The molecule has 1 aromatic heterocycles. The van der Waals surface area contributed by atoms with Gasteiger partial charge in [0.2, 0.25) is 0 Å². The number of nitrogens with zero attached hydrogens (tertiary/aromatic N) is 2. The normalized spacial score (nSPS) is 16.6. The standard InChI is InChI=1S/C14H23N3O2.ClH/c1-14(2,3)19-13(18)12-9-11(16-17(12)4)10-5-7-15-8-6-10;/h9-10,15H,5-8H2,1-4H3;1H. The lowest BCUT2D eigenvalue weighted by Gasteiger charge is -2.20. The Morgan fingerprint density at radius 1 is 1.40 bits per heavy atom. The van der Waals surface area contributed by atoms with Gasteiger partial charge in [0.05, 0.1) is 5.69 Å². The highest BCUT2D eigenvalue weighted by Gasteiger charge is 2.24. The number of piperidine rings is 1. The molecule has 2 heterocycles. The van der Waals surface area contributed by atoms with Gasteiger partial charge in [0.25, 0.3) is 0 Å². The number of rotatable bonds is 2. The number of hydrogen-bond acceptors (Lipinski definition) is 4. The third-order valence-electron chi connectivity index (χ3n) is 3.26. The number of carbonyl (C=O) groups is 1. The molecule has 1 aliphatic heterocycles. The van der Waals surface area contributed by atoms with Crippen LogP contribution in [0.5, 0.6) is 0 Å². The van der Waals surface area contributed by atoms with Crippen molar-refractivity contribution in [1.29, 1.82) is 0 Å². The number of aryl methyl sites for hydroxylation is 1. The van der Waals surface area contributed by atoms with Gasteiger partial charge in [-0.05, 0) is 52.8 Å². The van der Waals surface area contributed by atoms with E-state index in [1.165, 1.54) is 0 Å². The molecular formula is C14H24ClN3O2. The molecule has 0 bridgehead atoms. The highest BCUT2D eigenvalue weighted by Crippen LogP contribution is 2.25. The molecule has 1 aromatic rings. The molecule has 6 heteroatoms. The molecule has 20 heavy (non-hydrogen) atoms. The first kappa shape index (κ1) is 17.0. The average Bonchev–Trinajstić information content (AvgIpc) is 2.70. The predicted molar refractivity (Wildman–Crippen MR) is 80.5 cm³/mol. The van der Waals surface area contributed by atoms with Crippen LogP contribution in [0.15, 0.2) is 6.07 Å². The molecule has 0 saturated carbocycles. The zero-order chi connectivity index (χ0) is 14.0. The van der Waals surface area contributed by atoms with Crippen molar-refractivity contribution in [3.8, 4) is 0 Å². The van der Waals surface area contributed by atoms with Gasteiger partial charge in [-0.25, -0.2) is 4.79 Å². The van der Waals surface area contributed by atoms with Gasteiger partial charge < -0.3 is 10.1 Å². The van der Waals surface area contributed by atoms with Crippen LogP contribution in [0.1, 0.15) is 55.7 Å². The summed E-state index contributed by atoms with van der Waals surface area (Å²) in [5.74, 6) is 0.145. The second-order valence-electron chi connectivity index (χ2n) is 6.10. The van der Waals surface area contributed by atoms with Crippen molar-refractivity contribution in [2.45, 2.75) is 45.1 Å². The first-order valence-corrected chi connectivity index (χ1v) is 6.85. The van der Waals surface area contributed by atoms with E-state index in [2.05, 4.69) is 10.4 Å². The smallest absolute Gasteiger partial charge is 0.357 e. The zero-order valence-electron chi connectivity index (χ0n) is 12.6. The maximum absolute atomic E-state index is 12.1. The van der Waals surface area contributed by atoms with E-state index in [9.17, 15) is 4.79 Å². The molecule has 114 valence electrons. The Hall–Kier alpha value is -1.07. The molecule has 0 atom stereocenters. The number of ether oxygens (including phenoxy) is 1. The lowest BCUT2D eigenvalue weighted by Crippen LogP contribution is -2.26. The van der Waals surface area contributed by atoms with Crippen LogP contribution in [0.2, 0.25) is 0 Å². The molecule has 1 fully saturated rings. The van der Waals surface area contributed by atoms with Gasteiger partial charge in [0, 0.05) is 13.0 Å². The molecule has 0 unspecified atom stereocenters. The van der Waals surface area contributed by atoms with Crippen LogP contribution in [0, 0.1) is 0 Å². The minimum atomic E-state index is -0.476. The summed E-state index contributed by atoms with van der Waals surface area (Å²) < 4.78 is 7.02. The summed E-state index contributed by atoms with van der Waals surface area (Å²) in [7, 11) is 1.80. The molecule has 1 saturated heterocycles. The summed E-state index contributed by atoms with van der Waals surface area (Å²) in [6.45, 7) is 7.64. The van der Waals surface area contributed by atoms with Crippen molar-refractivity contribution in [1.82, 2.24) is 15.1 Å². The van der Waals surface area contributed by atoms with E-state index in [1.807, 2.05) is 26.8 Å². The molecule has 0 aromatic carbocycles. The molecule has 1 N–H and O–H groups in total. The van der Waals surface area contributed by atoms with Gasteiger partial charge >= 0.3 is 5.97 Å². The molecular weight excluding hydrogens is 278 g/mol. The highest BCUT2D eigenvalue weighted by molar-refractivity contribution is 5.88. The van der Waals surface area contributed by atoms with E-state index in [0.29, 0.717) is 11.6 Å². The van der Waals surface area contributed by atoms with E-state index in [0.717, 1.165) is 31.6 Å². The van der Waals surface area contributed by atoms with Crippen molar-refractivity contribution in [2.24, 2.45) is 7.05 Å². The number of halogens is 1. The van der Waals surface area contributed by atoms with E-state index >= 15 is 0 Å². The van der Waals surface area contributed by atoms with Crippen LogP contribution in [0.3, 0.4) is 0 Å². The minimum Gasteiger partial charge on any atom is -0.455 e. The van der Waals surface area contributed by atoms with E-state index in [4.69, 9.17) is 4.74 Å². The van der Waals surface area contributed by atoms with Gasteiger partial charge in [-0.1, -0.05) is 0 Å². The molecule has 0 amide bonds. The van der Waals surface area contributed by atoms with Crippen LogP contribution < -0.4 is 5.32 Å². The number of nitrogens with one attached hydrogen (secondary N) is 1. The average molecular weight is 302 g/mol. The van der Waals surface area contributed by atoms with Crippen LogP contribution in [-0.4, -0.2) is 34.4 Å². The molecule has 0 radical (unpaired) electrons. The van der Waals surface area contributed by atoms with E-state index in [-0.39, 0.29) is 18.4 Å². The Morgan fingerprint density at radius 2 is 2.00 bits per heavy atom. The molecule has 0 aliphatic carbocycles. The minimum absolute atomic E-state index is 0. The maximum atomic E-state index is 12.1. The first-order valence-electron chi connectivity index (χ1n) is 6.85. The maximum Gasteiger partial charge on any atom is 0.357 e. The monoisotopic (exact) mass is 301 g/mol. The fourth-order valence-corrected chi connectivity index (χ4v) is 2.33. The summed E-state index contributed by atoms with van der Waals surface area (Å²) in [4.78, 5) is 12.1. The lowest BCUT2D eigenvalue weighted by molar-refractivity contribution is 0.00576. The predicted octanol–water partition coefficient (Wildman–Crippen LogP) is 2.26. The summed E-state index contributed by atoms with van der Waals surface area (Å²) in [5, 5.41) is 7.81. The molecule has 2 rings (SSSR count). The van der Waals surface area contributed by atoms with Crippen molar-refractivity contribution < 1.29 is 9.53 Å². The van der Waals surface area contributed by atoms with Crippen LogP contribution >= 0.6 is 12.4 Å². The van der Waals surface area contributed by atoms with Crippen LogP contribution in [0.4, 0.5) is 0 Å². The quantitative estimate of drug-likeness (QED) is 0.851. The van der Waals surface area contributed by atoms with Gasteiger partial charge in [-0.3, -0.25) is 4.68 Å². The summed E-state index contributed by atoms with van der Waals surface area (Å²) in [6.07, 6.45) is 2.15. The summed E-state index contributed by atoms with van der Waals surface area (Å²) in [6, 6.07) is 1.88. The lowest BCUT2D eigenvalue weighted by atomic mass is 9.94. The van der Waals surface area contributed by atoms with E-state index < -0.39 is 5.60 Å². The van der Waals surface area contributed by atoms with Gasteiger partial charge in [-0.15, -0.1) is 12.4 Å². The Morgan fingerprint density at radius 3 is 2.55 bits per heavy atom. The second kappa shape index (κ2) is 6.59. The van der Waals surface area contributed by atoms with Crippen molar-refractivity contribution in [3.05, 3.63) is 17.5 Å². The molecule has 0 spiro atoms. The van der Waals surface area contributed by atoms with Crippen LogP contribution in [-0.2, 0) is 11.8 Å². The number of esters is 1. The van der Waals surface area contributed by atoms with Gasteiger partial charge in [0.15, 0.2) is 0 Å². The largest absolute Gasteiger partial charge is 0.455 e. The van der Waals surface area contributed by atoms with E-state index in [1.54, 1.807) is 11.7 Å². The number of hydrogen-bond donors (Lipinski definition) is 1. The Labute approximate surface area is 126 Å². The van der Waals surface area contributed by atoms with Gasteiger partial charge in [-0.2, -0.15) is 5.10 Å². The third-order valence-corrected chi connectivity index (χ3v) is 3.26. The van der Waals surface area contributed by atoms with Crippen LogP contribution in [0.25, 0.3) is 0 Å². The molecule has 1 aliphatic rings. The second-order valence-corrected chi connectivity index (χ2v) is 6.10. The van der Waals surface area contributed by atoms with Crippen molar-refractivity contribution in [2.75, 3.05) is 13.1 Å². The fourth-order valence-electron chi connectivity index (χ4n) is 2.33. The fraction of sp³-hybridized carbons (Fsp3) is 0.714.